The molecule has 0 N–H and O–H groups in total. The highest BCUT2D eigenvalue weighted by molar-refractivity contribution is 7.92. The van der Waals surface area contributed by atoms with Gasteiger partial charge in [-0.1, -0.05) is 18.2 Å². The van der Waals surface area contributed by atoms with Crippen LogP contribution < -0.4 is 13.8 Å². The molecule has 3 aromatic rings. The van der Waals surface area contributed by atoms with Crippen molar-refractivity contribution in [1.29, 1.82) is 0 Å². The van der Waals surface area contributed by atoms with Gasteiger partial charge in [-0.3, -0.25) is 4.31 Å². The van der Waals surface area contributed by atoms with Crippen LogP contribution in [-0.2, 0) is 10.0 Å². The number of sulfonamides is 1. The Morgan fingerprint density at radius 1 is 1.07 bits per heavy atom. The lowest BCUT2D eigenvalue weighted by atomic mass is 10.1. The second-order valence-corrected chi connectivity index (χ2v) is 8.82. The second-order valence-electron chi connectivity index (χ2n) is 6.05. The van der Waals surface area contributed by atoms with Crippen LogP contribution in [0.4, 0.5) is 5.69 Å². The predicted octanol–water partition coefficient (Wildman–Crippen LogP) is 4.28. The highest BCUT2D eigenvalue weighted by Gasteiger charge is 2.17. The lowest BCUT2D eigenvalue weighted by molar-refractivity contribution is 0.356. The van der Waals surface area contributed by atoms with Crippen molar-refractivity contribution in [3.63, 3.8) is 0 Å². The van der Waals surface area contributed by atoms with Crippen LogP contribution in [0.1, 0.15) is 6.92 Å². The van der Waals surface area contributed by atoms with Gasteiger partial charge >= 0.3 is 0 Å². The summed E-state index contributed by atoms with van der Waals surface area (Å²) >= 11 is 1.51. The first-order valence-corrected chi connectivity index (χ1v) is 11.4. The van der Waals surface area contributed by atoms with Crippen LogP contribution in [0.15, 0.2) is 47.8 Å². The van der Waals surface area contributed by atoms with Crippen molar-refractivity contribution in [3.8, 4) is 33.3 Å². The number of hydrogen-bond acceptors (Lipinski definition) is 6. The summed E-state index contributed by atoms with van der Waals surface area (Å²) in [5.41, 5.74) is 3.24. The van der Waals surface area contributed by atoms with Gasteiger partial charge in [-0.15, -0.1) is 11.3 Å². The van der Waals surface area contributed by atoms with Crippen molar-refractivity contribution >= 4 is 27.0 Å². The molecule has 3 rings (SSSR count). The van der Waals surface area contributed by atoms with Gasteiger partial charge in [0.05, 0.1) is 37.4 Å². The number of rotatable bonds is 7. The molecule has 0 spiro atoms. The molecule has 1 heterocycles. The van der Waals surface area contributed by atoms with E-state index in [1.165, 1.54) is 21.9 Å². The zero-order valence-corrected chi connectivity index (χ0v) is 17.8. The molecule has 0 unspecified atom stereocenters. The van der Waals surface area contributed by atoms with Gasteiger partial charge in [-0.2, -0.15) is 0 Å². The van der Waals surface area contributed by atoms with Gasteiger partial charge in [0.2, 0.25) is 10.0 Å². The first-order chi connectivity index (χ1) is 13.4. The van der Waals surface area contributed by atoms with Crippen molar-refractivity contribution in [2.24, 2.45) is 0 Å². The normalized spacial score (nSPS) is 11.3. The molecule has 0 amide bonds. The van der Waals surface area contributed by atoms with Crippen LogP contribution in [0.25, 0.3) is 21.8 Å². The molecule has 0 aliphatic carbocycles. The van der Waals surface area contributed by atoms with Crippen molar-refractivity contribution < 1.29 is 17.9 Å². The Hall–Kier alpha value is -2.58. The van der Waals surface area contributed by atoms with Gasteiger partial charge in [0, 0.05) is 17.5 Å². The SMILES string of the molecule is CCN(c1ccc(-c2csc(-c3cccc(OC)c3OC)n2)cc1)S(C)(=O)=O. The maximum atomic E-state index is 11.9. The largest absolute Gasteiger partial charge is 0.493 e. The van der Waals surface area contributed by atoms with Crippen molar-refractivity contribution in [3.05, 3.63) is 47.8 Å². The smallest absolute Gasteiger partial charge is 0.232 e. The number of aromatic nitrogens is 1. The van der Waals surface area contributed by atoms with Crippen LogP contribution in [0, 0.1) is 0 Å². The predicted molar refractivity (Wildman–Crippen MR) is 114 cm³/mol. The molecule has 0 aliphatic rings. The van der Waals surface area contributed by atoms with Crippen LogP contribution in [0.3, 0.4) is 0 Å². The molecule has 1 aromatic heterocycles. The molecule has 148 valence electrons. The van der Waals surface area contributed by atoms with E-state index in [4.69, 9.17) is 14.5 Å². The topological polar surface area (TPSA) is 68.7 Å². The Morgan fingerprint density at radius 2 is 1.79 bits per heavy atom. The third kappa shape index (κ3) is 3.98. The minimum atomic E-state index is -3.30. The fraction of sp³-hybridized carbons (Fsp3) is 0.250. The van der Waals surface area contributed by atoms with E-state index in [9.17, 15) is 8.42 Å². The van der Waals surface area contributed by atoms with E-state index < -0.39 is 10.0 Å². The zero-order chi connectivity index (χ0) is 20.3. The number of methoxy groups -OCH3 is 2. The van der Waals surface area contributed by atoms with Gasteiger partial charge in [-0.05, 0) is 31.2 Å². The maximum Gasteiger partial charge on any atom is 0.232 e. The van der Waals surface area contributed by atoms with E-state index in [0.717, 1.165) is 21.8 Å². The van der Waals surface area contributed by atoms with E-state index in [1.54, 1.807) is 26.4 Å². The molecule has 28 heavy (non-hydrogen) atoms. The molecular formula is C20H22N2O4S2. The molecule has 2 aromatic carbocycles. The number of thiazole rings is 1. The van der Waals surface area contributed by atoms with Gasteiger partial charge in [0.25, 0.3) is 0 Å². The zero-order valence-electron chi connectivity index (χ0n) is 16.2. The number of hydrogen-bond donors (Lipinski definition) is 0. The first-order valence-electron chi connectivity index (χ1n) is 8.64. The lowest BCUT2D eigenvalue weighted by Crippen LogP contribution is -2.29. The Morgan fingerprint density at radius 3 is 2.36 bits per heavy atom. The van der Waals surface area contributed by atoms with Crippen molar-refractivity contribution in [1.82, 2.24) is 4.98 Å². The second kappa shape index (κ2) is 8.20. The standard InChI is InChI=1S/C20H22N2O4S2/c1-5-22(28(4,23)24)15-11-9-14(10-12-15)17-13-27-20(21-17)16-7-6-8-18(25-2)19(16)26-3/h6-13H,5H2,1-4H3. The van der Waals surface area contributed by atoms with E-state index in [2.05, 4.69) is 0 Å². The molecule has 0 aliphatic heterocycles. The van der Waals surface area contributed by atoms with E-state index in [1.807, 2.05) is 42.6 Å². The fourth-order valence-electron chi connectivity index (χ4n) is 2.99. The molecule has 0 bridgehead atoms. The number of benzene rings is 2. The molecule has 0 radical (unpaired) electrons. The van der Waals surface area contributed by atoms with E-state index in [-0.39, 0.29) is 0 Å². The summed E-state index contributed by atoms with van der Waals surface area (Å²) in [7, 11) is -0.0870. The van der Waals surface area contributed by atoms with E-state index >= 15 is 0 Å². The third-order valence-electron chi connectivity index (χ3n) is 4.28. The summed E-state index contributed by atoms with van der Waals surface area (Å²) in [5, 5.41) is 2.79. The first kappa shape index (κ1) is 20.2. The molecule has 0 saturated carbocycles. The van der Waals surface area contributed by atoms with Crippen LogP contribution in [0.2, 0.25) is 0 Å². The maximum absolute atomic E-state index is 11.9. The molecule has 0 fully saturated rings. The summed E-state index contributed by atoms with van der Waals surface area (Å²) < 4.78 is 36.0. The highest BCUT2D eigenvalue weighted by Crippen LogP contribution is 2.40. The van der Waals surface area contributed by atoms with Crippen LogP contribution >= 0.6 is 11.3 Å². The van der Waals surface area contributed by atoms with Gasteiger partial charge in [0.1, 0.15) is 5.01 Å². The van der Waals surface area contributed by atoms with Gasteiger partial charge in [0.15, 0.2) is 11.5 Å². The Bertz CT molecular complexity index is 1060. The Balaban J connectivity index is 1.93. The summed E-state index contributed by atoms with van der Waals surface area (Å²) in [6.45, 7) is 2.19. The molecule has 0 saturated heterocycles. The number of ether oxygens (including phenoxy) is 2. The van der Waals surface area contributed by atoms with Gasteiger partial charge in [-0.25, -0.2) is 13.4 Å². The number of nitrogens with zero attached hydrogens (tertiary/aromatic N) is 2. The van der Waals surface area contributed by atoms with Gasteiger partial charge < -0.3 is 9.47 Å². The monoisotopic (exact) mass is 418 g/mol. The Labute approximate surface area is 169 Å². The summed E-state index contributed by atoms with van der Waals surface area (Å²) in [6.07, 6.45) is 1.21. The third-order valence-corrected chi connectivity index (χ3v) is 6.42. The van der Waals surface area contributed by atoms with Crippen LogP contribution in [0.5, 0.6) is 11.5 Å². The summed E-state index contributed by atoms with van der Waals surface area (Å²) in [4.78, 5) is 4.73. The van der Waals surface area contributed by atoms with E-state index in [0.29, 0.717) is 23.7 Å². The minimum absolute atomic E-state index is 0.384. The number of para-hydroxylation sites is 1. The fourth-order valence-corrected chi connectivity index (χ4v) is 4.82. The van der Waals surface area contributed by atoms with Crippen LogP contribution in [-0.4, -0.2) is 40.4 Å². The molecule has 8 heteroatoms. The minimum Gasteiger partial charge on any atom is -0.493 e. The average molecular weight is 419 g/mol. The van der Waals surface area contributed by atoms with Crippen molar-refractivity contribution in [2.75, 3.05) is 31.3 Å². The molecule has 0 atom stereocenters. The summed E-state index contributed by atoms with van der Waals surface area (Å²) in [6, 6.07) is 13.0. The summed E-state index contributed by atoms with van der Waals surface area (Å²) in [5.74, 6) is 1.30. The van der Waals surface area contributed by atoms with Crippen molar-refractivity contribution in [2.45, 2.75) is 6.92 Å². The molecule has 6 nitrogen and oxygen atoms in total. The average Bonchev–Trinajstić information content (AvgIpc) is 3.17. The quantitative estimate of drug-likeness (QED) is 0.573. The lowest BCUT2D eigenvalue weighted by Gasteiger charge is -2.20. The highest BCUT2D eigenvalue weighted by atomic mass is 32.2. The molecular weight excluding hydrogens is 396 g/mol. The Kier molecular flexibility index (Phi) is 5.90. The number of anilines is 1.